The van der Waals surface area contributed by atoms with Gasteiger partial charge in [-0.15, -0.1) is 0 Å². The van der Waals surface area contributed by atoms with Crippen molar-refractivity contribution in [1.82, 2.24) is 9.55 Å². The van der Waals surface area contributed by atoms with E-state index in [-0.39, 0.29) is 6.61 Å². The van der Waals surface area contributed by atoms with Crippen molar-refractivity contribution in [3.8, 4) is 0 Å². The van der Waals surface area contributed by atoms with E-state index in [2.05, 4.69) is 77.4 Å². The molecule has 0 aliphatic rings. The normalized spacial score (nSPS) is 11.6. The van der Waals surface area contributed by atoms with Crippen LogP contribution in [0.2, 0.25) is 0 Å². The fourth-order valence-electron chi connectivity index (χ4n) is 4.37. The second-order valence-corrected chi connectivity index (χ2v) is 7.40. The topological polar surface area (TPSA) is 38.1 Å². The second-order valence-electron chi connectivity index (χ2n) is 7.40. The molecule has 0 unspecified atom stereocenters. The van der Waals surface area contributed by atoms with Crippen LogP contribution in [0.4, 0.5) is 0 Å². The van der Waals surface area contributed by atoms with Crippen LogP contribution in [0.5, 0.6) is 0 Å². The van der Waals surface area contributed by atoms with Crippen molar-refractivity contribution < 1.29 is 5.11 Å². The molecule has 0 spiro atoms. The van der Waals surface area contributed by atoms with Gasteiger partial charge in [-0.1, -0.05) is 97.1 Å². The van der Waals surface area contributed by atoms with Crippen molar-refractivity contribution in [2.45, 2.75) is 12.1 Å². The van der Waals surface area contributed by atoms with Gasteiger partial charge in [0.2, 0.25) is 0 Å². The maximum Gasteiger partial charge on any atom is 0.122 e. The average Bonchev–Trinajstić information content (AvgIpc) is 3.25. The van der Waals surface area contributed by atoms with Gasteiger partial charge in [-0.2, -0.15) is 0 Å². The molecule has 0 aliphatic heterocycles. The summed E-state index contributed by atoms with van der Waals surface area (Å²) >= 11 is 0. The lowest BCUT2D eigenvalue weighted by atomic mass is 9.76. The maximum absolute atomic E-state index is 9.75. The molecule has 0 saturated carbocycles. The Bertz CT molecular complexity index is 1170. The van der Waals surface area contributed by atoms with E-state index in [1.165, 1.54) is 0 Å². The zero-order chi connectivity index (χ0) is 20.4. The predicted molar refractivity (Wildman–Crippen MR) is 120 cm³/mol. The first-order chi connectivity index (χ1) is 14.8. The van der Waals surface area contributed by atoms with Gasteiger partial charge in [0.1, 0.15) is 5.54 Å². The van der Waals surface area contributed by atoms with E-state index >= 15 is 0 Å². The number of benzene rings is 4. The van der Waals surface area contributed by atoms with Crippen molar-refractivity contribution in [2.75, 3.05) is 0 Å². The van der Waals surface area contributed by atoms with Gasteiger partial charge in [-0.05, 0) is 34.4 Å². The summed E-state index contributed by atoms with van der Waals surface area (Å²) in [6.45, 7) is -0.00384. The van der Waals surface area contributed by atoms with Crippen LogP contribution in [-0.2, 0) is 12.1 Å². The van der Waals surface area contributed by atoms with Crippen molar-refractivity contribution >= 4 is 11.0 Å². The first-order valence-corrected chi connectivity index (χ1v) is 10.1. The van der Waals surface area contributed by atoms with Crippen molar-refractivity contribution in [2.24, 2.45) is 0 Å². The van der Waals surface area contributed by atoms with E-state index in [9.17, 15) is 5.11 Å². The SMILES string of the molecule is OCc1ccc2ncn(C(c3ccccc3)(c3ccccc3)c3ccccc3)c2c1. The Morgan fingerprint density at radius 1 is 0.667 bits per heavy atom. The predicted octanol–water partition coefficient (Wildman–Crippen LogP) is 5.37. The first-order valence-electron chi connectivity index (χ1n) is 10.1. The molecule has 0 radical (unpaired) electrons. The number of hydrogen-bond acceptors (Lipinski definition) is 2. The Kier molecular flexibility index (Phi) is 4.66. The summed E-state index contributed by atoms with van der Waals surface area (Å²) < 4.78 is 2.24. The lowest BCUT2D eigenvalue weighted by Crippen LogP contribution is -2.37. The monoisotopic (exact) mass is 390 g/mol. The molecule has 1 aromatic heterocycles. The summed E-state index contributed by atoms with van der Waals surface area (Å²) in [4.78, 5) is 4.72. The minimum Gasteiger partial charge on any atom is -0.392 e. The van der Waals surface area contributed by atoms with Crippen LogP contribution in [0.25, 0.3) is 11.0 Å². The number of rotatable bonds is 5. The lowest BCUT2D eigenvalue weighted by Gasteiger charge is -2.38. The highest BCUT2D eigenvalue weighted by Gasteiger charge is 2.39. The molecule has 0 bridgehead atoms. The Labute approximate surface area is 175 Å². The van der Waals surface area contributed by atoms with Crippen LogP contribution in [0.15, 0.2) is 116 Å². The maximum atomic E-state index is 9.75. The van der Waals surface area contributed by atoms with Crippen molar-refractivity contribution in [1.29, 1.82) is 0 Å². The highest BCUT2D eigenvalue weighted by Crippen LogP contribution is 2.42. The lowest BCUT2D eigenvalue weighted by molar-refractivity contribution is 0.282. The van der Waals surface area contributed by atoms with Crippen LogP contribution in [0.1, 0.15) is 22.3 Å². The quantitative estimate of drug-likeness (QED) is 0.410. The van der Waals surface area contributed by atoms with Crippen molar-refractivity contribution in [3.63, 3.8) is 0 Å². The molecule has 4 aromatic carbocycles. The van der Waals surface area contributed by atoms with Gasteiger partial charge in [0.25, 0.3) is 0 Å². The number of imidazole rings is 1. The number of hydrogen-bond donors (Lipinski definition) is 1. The number of nitrogens with zero attached hydrogens (tertiary/aromatic N) is 2. The summed E-state index contributed by atoms with van der Waals surface area (Å²) in [6, 6.07) is 37.5. The molecule has 146 valence electrons. The number of aliphatic hydroxyl groups excluding tert-OH is 1. The van der Waals surface area contributed by atoms with E-state index in [4.69, 9.17) is 4.98 Å². The summed E-state index contributed by atoms with van der Waals surface area (Å²) in [7, 11) is 0. The fourth-order valence-corrected chi connectivity index (χ4v) is 4.37. The highest BCUT2D eigenvalue weighted by molar-refractivity contribution is 5.78. The van der Waals surface area contributed by atoms with Gasteiger partial charge >= 0.3 is 0 Å². The molecule has 30 heavy (non-hydrogen) atoms. The molecular formula is C27H22N2O. The number of fused-ring (bicyclic) bond motifs is 1. The zero-order valence-electron chi connectivity index (χ0n) is 16.5. The van der Waals surface area contributed by atoms with Gasteiger partial charge < -0.3 is 9.67 Å². The Hall–Kier alpha value is -3.69. The Balaban J connectivity index is 1.95. The number of aliphatic hydroxyl groups is 1. The van der Waals surface area contributed by atoms with Crippen LogP contribution < -0.4 is 0 Å². The van der Waals surface area contributed by atoms with Gasteiger partial charge in [0.05, 0.1) is 24.0 Å². The Morgan fingerprint density at radius 3 is 1.63 bits per heavy atom. The molecule has 5 rings (SSSR count). The Morgan fingerprint density at radius 2 is 1.17 bits per heavy atom. The molecule has 0 amide bonds. The van der Waals surface area contributed by atoms with E-state index in [1.54, 1.807) is 0 Å². The minimum absolute atomic E-state index is 0.00384. The molecule has 1 heterocycles. The van der Waals surface area contributed by atoms with Crippen LogP contribution in [0, 0.1) is 0 Å². The van der Waals surface area contributed by atoms with Crippen LogP contribution in [0.3, 0.4) is 0 Å². The summed E-state index contributed by atoms with van der Waals surface area (Å²) in [5, 5.41) is 9.75. The smallest absolute Gasteiger partial charge is 0.122 e. The molecule has 0 fully saturated rings. The van der Waals surface area contributed by atoms with E-state index in [0.29, 0.717) is 0 Å². The second kappa shape index (κ2) is 7.62. The number of aromatic nitrogens is 2. The van der Waals surface area contributed by atoms with Gasteiger partial charge in [0.15, 0.2) is 0 Å². The standard InChI is InChI=1S/C27H22N2O/c30-19-21-16-17-25-26(18-21)29(20-28-25)27(22-10-4-1-5-11-22,23-12-6-2-7-13-23)24-14-8-3-9-15-24/h1-18,20,30H,19H2. The highest BCUT2D eigenvalue weighted by atomic mass is 16.3. The molecule has 0 saturated heterocycles. The van der Waals surface area contributed by atoms with E-state index in [1.807, 2.05) is 42.7 Å². The van der Waals surface area contributed by atoms with Gasteiger partial charge in [-0.3, -0.25) is 0 Å². The molecule has 5 aromatic rings. The van der Waals surface area contributed by atoms with Gasteiger partial charge in [-0.25, -0.2) is 4.98 Å². The third kappa shape index (κ3) is 2.83. The third-order valence-electron chi connectivity index (χ3n) is 5.73. The fraction of sp³-hybridized carbons (Fsp3) is 0.0741. The molecule has 0 atom stereocenters. The van der Waals surface area contributed by atoms with Gasteiger partial charge in [0, 0.05) is 0 Å². The molecule has 3 heteroatoms. The first kappa shape index (κ1) is 18.3. The summed E-state index contributed by atoms with van der Waals surface area (Å²) in [6.07, 6.45) is 1.92. The largest absolute Gasteiger partial charge is 0.392 e. The molecule has 3 nitrogen and oxygen atoms in total. The summed E-state index contributed by atoms with van der Waals surface area (Å²) in [5.41, 5.74) is 5.60. The van der Waals surface area contributed by atoms with E-state index in [0.717, 1.165) is 33.3 Å². The zero-order valence-corrected chi connectivity index (χ0v) is 16.5. The van der Waals surface area contributed by atoms with Crippen LogP contribution >= 0.6 is 0 Å². The summed E-state index contributed by atoms with van der Waals surface area (Å²) in [5.74, 6) is 0. The molecule has 0 aliphatic carbocycles. The van der Waals surface area contributed by atoms with Crippen LogP contribution in [-0.4, -0.2) is 14.7 Å². The molecule has 1 N–H and O–H groups in total. The molecular weight excluding hydrogens is 368 g/mol. The van der Waals surface area contributed by atoms with E-state index < -0.39 is 5.54 Å². The average molecular weight is 390 g/mol. The third-order valence-corrected chi connectivity index (χ3v) is 5.73. The minimum atomic E-state index is -0.605. The van der Waals surface area contributed by atoms with Crippen molar-refractivity contribution in [3.05, 3.63) is 138 Å².